The number of methoxy groups -OCH3 is 1. The molecule has 0 unspecified atom stereocenters. The first-order valence-corrected chi connectivity index (χ1v) is 9.88. The molecule has 1 amide bonds. The van der Waals surface area contributed by atoms with Gasteiger partial charge in [0.25, 0.3) is 5.91 Å². The fourth-order valence-corrected chi connectivity index (χ4v) is 3.02. The molecular weight excluding hydrogens is 409 g/mol. The third kappa shape index (κ3) is 5.26. The zero-order valence-electron chi connectivity index (χ0n) is 17.3. The van der Waals surface area contributed by atoms with Gasteiger partial charge in [-0.2, -0.15) is 0 Å². The van der Waals surface area contributed by atoms with Crippen molar-refractivity contribution in [1.29, 1.82) is 0 Å². The van der Waals surface area contributed by atoms with Crippen LogP contribution in [0.25, 0.3) is 11.3 Å². The van der Waals surface area contributed by atoms with Gasteiger partial charge in [-0.05, 0) is 60.2 Å². The molecule has 0 spiro atoms. The van der Waals surface area contributed by atoms with Crippen LogP contribution < -0.4 is 14.8 Å². The highest BCUT2D eigenvalue weighted by molar-refractivity contribution is 5.94. The second kappa shape index (κ2) is 9.70. The number of aromatic nitrogens is 2. The van der Waals surface area contributed by atoms with Crippen LogP contribution in [-0.4, -0.2) is 23.0 Å². The molecule has 0 saturated heterocycles. The number of nitrogens with zero attached hydrogens (tertiary/aromatic N) is 2. The van der Waals surface area contributed by atoms with Crippen molar-refractivity contribution in [1.82, 2.24) is 15.3 Å². The van der Waals surface area contributed by atoms with E-state index in [9.17, 15) is 9.18 Å². The smallest absolute Gasteiger partial charge is 0.251 e. The lowest BCUT2D eigenvalue weighted by molar-refractivity contribution is 0.0950. The molecule has 0 saturated carbocycles. The standard InChI is InChI=1S/C25H20FN3O3/c1-31-21-11-7-18(8-12-21)23-14-24(29-16-28-23)32-22-4-2-3-19(13-22)25(30)27-15-17-5-9-20(26)10-6-17/h2-14,16H,15H2,1H3,(H,27,30). The second-order valence-corrected chi connectivity index (χ2v) is 6.91. The summed E-state index contributed by atoms with van der Waals surface area (Å²) >= 11 is 0. The van der Waals surface area contributed by atoms with Crippen molar-refractivity contribution >= 4 is 5.91 Å². The van der Waals surface area contributed by atoms with Crippen molar-refractivity contribution in [3.8, 4) is 28.6 Å². The number of hydrogen-bond acceptors (Lipinski definition) is 5. The third-order valence-corrected chi connectivity index (χ3v) is 4.71. The van der Waals surface area contributed by atoms with Gasteiger partial charge in [-0.15, -0.1) is 0 Å². The van der Waals surface area contributed by atoms with Crippen LogP contribution in [0.1, 0.15) is 15.9 Å². The lowest BCUT2D eigenvalue weighted by Crippen LogP contribution is -2.22. The average molecular weight is 429 g/mol. The fourth-order valence-electron chi connectivity index (χ4n) is 3.02. The van der Waals surface area contributed by atoms with E-state index >= 15 is 0 Å². The molecule has 6 nitrogen and oxygen atoms in total. The molecule has 0 fully saturated rings. The van der Waals surface area contributed by atoms with Gasteiger partial charge in [0.2, 0.25) is 5.88 Å². The minimum atomic E-state index is -0.315. The molecule has 0 aliphatic rings. The highest BCUT2D eigenvalue weighted by atomic mass is 19.1. The van der Waals surface area contributed by atoms with Gasteiger partial charge in [-0.1, -0.05) is 18.2 Å². The Morgan fingerprint density at radius 1 is 0.938 bits per heavy atom. The van der Waals surface area contributed by atoms with E-state index in [-0.39, 0.29) is 11.7 Å². The zero-order valence-corrected chi connectivity index (χ0v) is 17.3. The summed E-state index contributed by atoms with van der Waals surface area (Å²) in [6.07, 6.45) is 1.42. The van der Waals surface area contributed by atoms with E-state index in [1.54, 1.807) is 49.6 Å². The normalized spacial score (nSPS) is 10.4. The Bertz CT molecular complexity index is 1210. The summed E-state index contributed by atoms with van der Waals surface area (Å²) in [4.78, 5) is 21.0. The molecule has 32 heavy (non-hydrogen) atoms. The molecule has 3 aromatic carbocycles. The Kier molecular flexibility index (Phi) is 6.36. The third-order valence-electron chi connectivity index (χ3n) is 4.71. The predicted molar refractivity (Wildman–Crippen MR) is 118 cm³/mol. The minimum Gasteiger partial charge on any atom is -0.497 e. The summed E-state index contributed by atoms with van der Waals surface area (Å²) in [6.45, 7) is 0.293. The molecule has 4 rings (SSSR count). The van der Waals surface area contributed by atoms with Crippen LogP contribution in [0.4, 0.5) is 4.39 Å². The number of hydrogen-bond donors (Lipinski definition) is 1. The maximum atomic E-state index is 13.0. The summed E-state index contributed by atoms with van der Waals surface area (Å²) < 4.78 is 24.0. The van der Waals surface area contributed by atoms with Crippen LogP contribution in [0.15, 0.2) is 85.2 Å². The first kappa shape index (κ1) is 21.0. The fraction of sp³-hybridized carbons (Fsp3) is 0.0800. The van der Waals surface area contributed by atoms with E-state index in [0.29, 0.717) is 29.4 Å². The average Bonchev–Trinajstić information content (AvgIpc) is 2.84. The number of nitrogens with one attached hydrogen (secondary N) is 1. The highest BCUT2D eigenvalue weighted by Gasteiger charge is 2.09. The summed E-state index contributed by atoms with van der Waals surface area (Å²) in [6, 6.07) is 22.0. The van der Waals surface area contributed by atoms with E-state index in [1.165, 1.54) is 18.5 Å². The van der Waals surface area contributed by atoms with Gasteiger partial charge in [-0.3, -0.25) is 4.79 Å². The summed E-state index contributed by atoms with van der Waals surface area (Å²) in [5, 5.41) is 2.81. The van der Waals surface area contributed by atoms with Crippen LogP contribution in [0.2, 0.25) is 0 Å². The SMILES string of the molecule is COc1ccc(-c2cc(Oc3cccc(C(=O)NCc4ccc(F)cc4)c3)ncn2)cc1. The zero-order chi connectivity index (χ0) is 22.3. The highest BCUT2D eigenvalue weighted by Crippen LogP contribution is 2.25. The van der Waals surface area contributed by atoms with E-state index in [0.717, 1.165) is 16.9 Å². The van der Waals surface area contributed by atoms with Gasteiger partial charge >= 0.3 is 0 Å². The second-order valence-electron chi connectivity index (χ2n) is 6.91. The topological polar surface area (TPSA) is 73.3 Å². The van der Waals surface area contributed by atoms with Gasteiger partial charge < -0.3 is 14.8 Å². The van der Waals surface area contributed by atoms with Crippen LogP contribution in [0.3, 0.4) is 0 Å². The maximum Gasteiger partial charge on any atom is 0.251 e. The van der Waals surface area contributed by atoms with E-state index in [1.807, 2.05) is 24.3 Å². The van der Waals surface area contributed by atoms with Crippen LogP contribution in [0, 0.1) is 5.82 Å². The Morgan fingerprint density at radius 3 is 2.47 bits per heavy atom. The van der Waals surface area contributed by atoms with Crippen LogP contribution in [0.5, 0.6) is 17.4 Å². The number of halogens is 1. The molecule has 4 aromatic rings. The Morgan fingerprint density at radius 2 is 1.72 bits per heavy atom. The molecule has 0 atom stereocenters. The monoisotopic (exact) mass is 429 g/mol. The molecule has 1 aromatic heterocycles. The Labute approximate surface area is 184 Å². The number of carbonyl (C=O) groups excluding carboxylic acids is 1. The number of ether oxygens (including phenoxy) is 2. The van der Waals surface area contributed by atoms with Gasteiger partial charge in [0.1, 0.15) is 23.6 Å². The number of amides is 1. The van der Waals surface area contributed by atoms with E-state index in [4.69, 9.17) is 9.47 Å². The van der Waals surface area contributed by atoms with Crippen LogP contribution >= 0.6 is 0 Å². The lowest BCUT2D eigenvalue weighted by Gasteiger charge is -2.09. The summed E-state index contributed by atoms with van der Waals surface area (Å²) in [5.74, 6) is 1.01. The molecular formula is C25H20FN3O3. The molecule has 0 bridgehead atoms. The maximum absolute atomic E-state index is 13.0. The predicted octanol–water partition coefficient (Wildman–Crippen LogP) is 5.01. The largest absolute Gasteiger partial charge is 0.497 e. The van der Waals surface area contributed by atoms with Gasteiger partial charge in [0.15, 0.2) is 0 Å². The summed E-state index contributed by atoms with van der Waals surface area (Å²) in [7, 11) is 1.61. The number of rotatable bonds is 7. The molecule has 7 heteroatoms. The Balaban J connectivity index is 1.44. The molecule has 1 N–H and O–H groups in total. The van der Waals surface area contributed by atoms with Crippen LogP contribution in [-0.2, 0) is 6.54 Å². The first-order chi connectivity index (χ1) is 15.6. The Hall–Kier alpha value is -4.26. The first-order valence-electron chi connectivity index (χ1n) is 9.88. The lowest BCUT2D eigenvalue weighted by atomic mass is 10.1. The van der Waals surface area contributed by atoms with Crippen molar-refractivity contribution in [2.75, 3.05) is 7.11 Å². The van der Waals surface area contributed by atoms with E-state index < -0.39 is 0 Å². The van der Waals surface area contributed by atoms with Gasteiger partial charge in [0, 0.05) is 23.7 Å². The van der Waals surface area contributed by atoms with Crippen molar-refractivity contribution in [2.24, 2.45) is 0 Å². The van der Waals surface area contributed by atoms with Crippen molar-refractivity contribution in [2.45, 2.75) is 6.54 Å². The molecule has 1 heterocycles. The molecule has 0 radical (unpaired) electrons. The quantitative estimate of drug-likeness (QED) is 0.447. The van der Waals surface area contributed by atoms with Gasteiger partial charge in [0.05, 0.1) is 12.8 Å². The molecule has 160 valence electrons. The van der Waals surface area contributed by atoms with Crippen molar-refractivity contribution in [3.05, 3.63) is 102 Å². The van der Waals surface area contributed by atoms with Crippen molar-refractivity contribution in [3.63, 3.8) is 0 Å². The van der Waals surface area contributed by atoms with Crippen molar-refractivity contribution < 1.29 is 18.7 Å². The minimum absolute atomic E-state index is 0.263. The number of benzene rings is 3. The van der Waals surface area contributed by atoms with Gasteiger partial charge in [-0.25, -0.2) is 14.4 Å². The number of carbonyl (C=O) groups is 1. The van der Waals surface area contributed by atoms with E-state index in [2.05, 4.69) is 15.3 Å². The molecule has 0 aliphatic heterocycles. The summed E-state index contributed by atoms with van der Waals surface area (Å²) in [5.41, 5.74) is 2.84. The molecule has 0 aliphatic carbocycles.